The van der Waals surface area contributed by atoms with E-state index < -0.39 is 6.10 Å². The summed E-state index contributed by atoms with van der Waals surface area (Å²) >= 11 is 1.79. The molecule has 1 N–H and O–H groups in total. The van der Waals surface area contributed by atoms with E-state index >= 15 is 0 Å². The van der Waals surface area contributed by atoms with E-state index in [-0.39, 0.29) is 11.2 Å². The second-order valence-corrected chi connectivity index (χ2v) is 7.18. The maximum absolute atomic E-state index is 11.2. The van der Waals surface area contributed by atoms with E-state index in [9.17, 15) is 5.11 Å². The number of rotatable bonds is 4. The summed E-state index contributed by atoms with van der Waals surface area (Å²) in [5.74, 6) is -0.0148. The van der Waals surface area contributed by atoms with Gasteiger partial charge < -0.3 is 5.11 Å². The van der Waals surface area contributed by atoms with Gasteiger partial charge in [-0.2, -0.15) is 0 Å². The highest BCUT2D eigenvalue weighted by Gasteiger charge is 2.38. The fourth-order valence-electron chi connectivity index (χ4n) is 3.39. The van der Waals surface area contributed by atoms with Crippen LogP contribution in [0.15, 0.2) is 90.6 Å². The molecule has 0 spiro atoms. The van der Waals surface area contributed by atoms with E-state index in [0.29, 0.717) is 0 Å². The number of benzene rings is 2. The van der Waals surface area contributed by atoms with Crippen LogP contribution in [0.25, 0.3) is 5.57 Å². The lowest BCUT2D eigenvalue weighted by atomic mass is 9.82. The zero-order valence-corrected chi connectivity index (χ0v) is 14.5. The molecular formula is C22H19NOS. The van der Waals surface area contributed by atoms with Crippen LogP contribution in [-0.4, -0.2) is 10.1 Å². The molecule has 1 aromatic heterocycles. The van der Waals surface area contributed by atoms with Gasteiger partial charge in [-0.1, -0.05) is 66.7 Å². The van der Waals surface area contributed by atoms with E-state index in [2.05, 4.69) is 46.8 Å². The molecule has 0 saturated heterocycles. The Morgan fingerprint density at radius 1 is 0.880 bits per heavy atom. The zero-order chi connectivity index (χ0) is 17.1. The van der Waals surface area contributed by atoms with Crippen molar-refractivity contribution in [2.75, 3.05) is 0 Å². The smallest absolute Gasteiger partial charge is 0.0887 e. The molecule has 1 aliphatic rings. The first kappa shape index (κ1) is 16.1. The highest BCUT2D eigenvalue weighted by atomic mass is 32.2. The molecule has 25 heavy (non-hydrogen) atoms. The van der Waals surface area contributed by atoms with Crippen LogP contribution < -0.4 is 0 Å². The summed E-state index contributed by atoms with van der Waals surface area (Å²) in [7, 11) is 0. The molecule has 0 bridgehead atoms. The Kier molecular flexibility index (Phi) is 4.68. The average molecular weight is 345 g/mol. The summed E-state index contributed by atoms with van der Waals surface area (Å²) in [6.07, 6.45) is 2.90. The largest absolute Gasteiger partial charge is 0.388 e. The summed E-state index contributed by atoms with van der Waals surface area (Å²) in [4.78, 5) is 4.19. The van der Waals surface area contributed by atoms with Gasteiger partial charge in [0.1, 0.15) is 0 Å². The Morgan fingerprint density at radius 2 is 1.60 bits per heavy atom. The Morgan fingerprint density at radius 3 is 2.28 bits per heavy atom. The molecule has 0 amide bonds. The SMILES string of the molecule is OC(c1cccnc1)C1C(c2ccccc2)=CSC1c1ccccc1. The van der Waals surface area contributed by atoms with Gasteiger partial charge in [-0.25, -0.2) is 0 Å². The van der Waals surface area contributed by atoms with Gasteiger partial charge in [0, 0.05) is 23.6 Å². The fourth-order valence-corrected chi connectivity index (χ4v) is 4.75. The lowest BCUT2D eigenvalue weighted by Crippen LogP contribution is -2.18. The third-order valence-electron chi connectivity index (χ3n) is 4.63. The van der Waals surface area contributed by atoms with Gasteiger partial charge in [-0.3, -0.25) is 4.98 Å². The maximum Gasteiger partial charge on any atom is 0.0887 e. The Hall–Kier alpha value is -2.36. The molecule has 2 heterocycles. The standard InChI is InChI=1S/C22H19NOS/c24-21(18-12-7-13-23-14-18)20-19(16-8-3-1-4-9-16)15-25-22(20)17-10-5-2-6-11-17/h1-15,20-22,24H. The molecule has 3 heteroatoms. The van der Waals surface area contributed by atoms with Crippen molar-refractivity contribution in [2.45, 2.75) is 11.4 Å². The highest BCUT2D eigenvalue weighted by Crippen LogP contribution is 2.54. The van der Waals surface area contributed by atoms with Crippen LogP contribution in [0, 0.1) is 5.92 Å². The molecule has 4 rings (SSSR count). The van der Waals surface area contributed by atoms with Crippen LogP contribution in [-0.2, 0) is 0 Å². The van der Waals surface area contributed by atoms with E-state index in [1.165, 1.54) is 16.7 Å². The summed E-state index contributed by atoms with van der Waals surface area (Å²) in [6, 6.07) is 24.6. The van der Waals surface area contributed by atoms with Gasteiger partial charge in [0.05, 0.1) is 6.10 Å². The Bertz CT molecular complexity index is 849. The van der Waals surface area contributed by atoms with Crippen molar-refractivity contribution in [1.29, 1.82) is 0 Å². The van der Waals surface area contributed by atoms with Crippen LogP contribution in [0.2, 0.25) is 0 Å². The molecule has 3 aromatic rings. The zero-order valence-electron chi connectivity index (χ0n) is 13.7. The van der Waals surface area contributed by atoms with Crippen molar-refractivity contribution in [3.63, 3.8) is 0 Å². The second kappa shape index (κ2) is 7.26. The van der Waals surface area contributed by atoms with Gasteiger partial charge in [-0.15, -0.1) is 11.8 Å². The number of pyridine rings is 1. The van der Waals surface area contributed by atoms with Gasteiger partial charge in [0.2, 0.25) is 0 Å². The molecule has 0 fully saturated rings. The predicted molar refractivity (Wildman–Crippen MR) is 104 cm³/mol. The van der Waals surface area contributed by atoms with Crippen molar-refractivity contribution < 1.29 is 5.11 Å². The first-order valence-corrected chi connectivity index (χ1v) is 9.33. The molecule has 2 aromatic carbocycles. The van der Waals surface area contributed by atoms with Gasteiger partial charge in [0.15, 0.2) is 0 Å². The lowest BCUT2D eigenvalue weighted by Gasteiger charge is -2.28. The Labute approximate surface area is 152 Å². The van der Waals surface area contributed by atoms with Crippen LogP contribution in [0.5, 0.6) is 0 Å². The minimum absolute atomic E-state index is 0.0148. The number of aliphatic hydroxyl groups excluding tert-OH is 1. The highest BCUT2D eigenvalue weighted by molar-refractivity contribution is 8.02. The van der Waals surface area contributed by atoms with Gasteiger partial charge >= 0.3 is 0 Å². The van der Waals surface area contributed by atoms with Crippen LogP contribution in [0.1, 0.15) is 28.0 Å². The third kappa shape index (κ3) is 3.26. The first-order valence-electron chi connectivity index (χ1n) is 8.38. The van der Waals surface area contributed by atoms with Crippen LogP contribution >= 0.6 is 11.8 Å². The van der Waals surface area contributed by atoms with Crippen molar-refractivity contribution in [1.82, 2.24) is 4.98 Å². The number of aliphatic hydroxyl groups is 1. The fraction of sp³-hybridized carbons (Fsp3) is 0.136. The number of nitrogens with zero attached hydrogens (tertiary/aromatic N) is 1. The van der Waals surface area contributed by atoms with Crippen molar-refractivity contribution in [3.05, 3.63) is 107 Å². The molecule has 2 nitrogen and oxygen atoms in total. The van der Waals surface area contributed by atoms with Crippen molar-refractivity contribution >= 4 is 17.3 Å². The van der Waals surface area contributed by atoms with Crippen molar-refractivity contribution in [2.24, 2.45) is 5.92 Å². The Balaban J connectivity index is 1.75. The van der Waals surface area contributed by atoms with Crippen LogP contribution in [0.4, 0.5) is 0 Å². The first-order chi connectivity index (χ1) is 12.3. The molecule has 1 aliphatic heterocycles. The summed E-state index contributed by atoms with van der Waals surface area (Å²) < 4.78 is 0. The molecule has 0 aliphatic carbocycles. The van der Waals surface area contributed by atoms with Gasteiger partial charge in [-0.05, 0) is 33.7 Å². The normalized spacial score (nSPS) is 20.9. The average Bonchev–Trinajstić information content (AvgIpc) is 3.14. The molecule has 124 valence electrons. The lowest BCUT2D eigenvalue weighted by molar-refractivity contribution is 0.135. The van der Waals surface area contributed by atoms with E-state index in [4.69, 9.17) is 0 Å². The topological polar surface area (TPSA) is 33.1 Å². The third-order valence-corrected chi connectivity index (χ3v) is 5.88. The summed E-state index contributed by atoms with van der Waals surface area (Å²) in [5.41, 5.74) is 4.46. The van der Waals surface area contributed by atoms with E-state index in [1.807, 2.05) is 36.4 Å². The molecule has 3 unspecified atom stereocenters. The maximum atomic E-state index is 11.2. The summed E-state index contributed by atoms with van der Waals surface area (Å²) in [6.45, 7) is 0. The van der Waals surface area contributed by atoms with E-state index in [1.54, 1.807) is 24.2 Å². The number of aromatic nitrogens is 1. The second-order valence-electron chi connectivity index (χ2n) is 6.16. The van der Waals surface area contributed by atoms with E-state index in [0.717, 1.165) is 5.56 Å². The minimum Gasteiger partial charge on any atom is -0.388 e. The van der Waals surface area contributed by atoms with Crippen LogP contribution in [0.3, 0.4) is 0 Å². The number of hydrogen-bond acceptors (Lipinski definition) is 3. The summed E-state index contributed by atoms with van der Waals surface area (Å²) in [5, 5.41) is 13.6. The monoisotopic (exact) mass is 345 g/mol. The molecular weight excluding hydrogens is 326 g/mol. The number of hydrogen-bond donors (Lipinski definition) is 1. The predicted octanol–water partition coefficient (Wildman–Crippen LogP) is 5.26. The molecule has 3 atom stereocenters. The van der Waals surface area contributed by atoms with Gasteiger partial charge in [0.25, 0.3) is 0 Å². The minimum atomic E-state index is -0.597. The van der Waals surface area contributed by atoms with Crippen molar-refractivity contribution in [3.8, 4) is 0 Å². The quantitative estimate of drug-likeness (QED) is 0.700. The number of thioether (sulfide) groups is 1. The molecule has 0 saturated carbocycles. The molecule has 0 radical (unpaired) electrons.